The van der Waals surface area contributed by atoms with Crippen molar-refractivity contribution in [2.24, 2.45) is 5.92 Å². The zero-order valence-corrected chi connectivity index (χ0v) is 23.5. The van der Waals surface area contributed by atoms with Gasteiger partial charge in [0.25, 0.3) is 0 Å². The molecule has 9 heteroatoms. The second-order valence-electron chi connectivity index (χ2n) is 11.4. The van der Waals surface area contributed by atoms with E-state index in [4.69, 9.17) is 0 Å². The number of fused-ring (bicyclic) bond motifs is 1. The molecule has 0 spiro atoms. The van der Waals surface area contributed by atoms with Gasteiger partial charge in [0.15, 0.2) is 0 Å². The number of anilines is 3. The minimum Gasteiger partial charge on any atom is -0.382 e. The Balaban J connectivity index is 1.35. The first-order chi connectivity index (χ1) is 20.3. The minimum atomic E-state index is -4.50. The van der Waals surface area contributed by atoms with Crippen molar-refractivity contribution in [3.8, 4) is 0 Å². The third kappa shape index (κ3) is 5.78. The van der Waals surface area contributed by atoms with Gasteiger partial charge in [-0.25, -0.2) is 9.97 Å². The molecule has 2 aliphatic rings. The Morgan fingerprint density at radius 3 is 2.40 bits per heavy atom. The van der Waals surface area contributed by atoms with Gasteiger partial charge in [-0.15, -0.1) is 0 Å². The number of hydrogen-bond acceptors (Lipinski definition) is 5. The van der Waals surface area contributed by atoms with Gasteiger partial charge in [-0.2, -0.15) is 13.2 Å². The molecule has 6 nitrogen and oxygen atoms in total. The number of nitrogens with zero attached hydrogens (tertiary/aromatic N) is 3. The molecular weight excluding hydrogens is 539 g/mol. The molecule has 1 aliphatic carbocycles. The summed E-state index contributed by atoms with van der Waals surface area (Å²) in [5, 5.41) is 7.32. The highest BCUT2D eigenvalue weighted by Crippen LogP contribution is 2.42. The SMILES string of the molecule is Cc1ccc(NC(=O)[C@H]2CCCN(c3ncnc4ccccc34)[C@H]2c2ccc(NC3CCCC3)cc2)cc1C(F)(F)F. The first-order valence-electron chi connectivity index (χ1n) is 14.6. The number of piperidine rings is 1. The molecule has 1 saturated carbocycles. The normalized spacial score (nSPS) is 19.7. The number of amides is 1. The zero-order valence-electron chi connectivity index (χ0n) is 23.5. The topological polar surface area (TPSA) is 70.2 Å². The van der Waals surface area contributed by atoms with Crippen molar-refractivity contribution < 1.29 is 18.0 Å². The van der Waals surface area contributed by atoms with Gasteiger partial charge in [0.1, 0.15) is 12.1 Å². The van der Waals surface area contributed by atoms with Gasteiger partial charge in [-0.3, -0.25) is 4.79 Å². The van der Waals surface area contributed by atoms with Gasteiger partial charge < -0.3 is 15.5 Å². The summed E-state index contributed by atoms with van der Waals surface area (Å²) in [4.78, 5) is 25.1. The van der Waals surface area contributed by atoms with Crippen LogP contribution in [0.1, 0.15) is 61.3 Å². The van der Waals surface area contributed by atoms with E-state index in [0.29, 0.717) is 19.0 Å². The van der Waals surface area contributed by atoms with Crippen LogP contribution in [-0.2, 0) is 11.0 Å². The van der Waals surface area contributed by atoms with Crippen molar-refractivity contribution in [2.75, 3.05) is 22.1 Å². The van der Waals surface area contributed by atoms with Crippen LogP contribution >= 0.6 is 0 Å². The minimum absolute atomic E-state index is 0.115. The summed E-state index contributed by atoms with van der Waals surface area (Å²) in [6.45, 7) is 2.10. The lowest BCUT2D eigenvalue weighted by Crippen LogP contribution is -2.44. The molecule has 0 bridgehead atoms. The molecule has 0 radical (unpaired) electrons. The summed E-state index contributed by atoms with van der Waals surface area (Å²) in [7, 11) is 0. The second kappa shape index (κ2) is 11.6. The summed E-state index contributed by atoms with van der Waals surface area (Å²) < 4.78 is 40.8. The molecule has 1 aromatic heterocycles. The first kappa shape index (κ1) is 28.0. The van der Waals surface area contributed by atoms with Gasteiger partial charge in [-0.1, -0.05) is 43.2 Å². The highest BCUT2D eigenvalue weighted by atomic mass is 19.4. The maximum Gasteiger partial charge on any atom is 0.416 e. The van der Waals surface area contributed by atoms with Crippen LogP contribution in [-0.4, -0.2) is 28.5 Å². The molecule has 3 aromatic carbocycles. The maximum atomic E-state index is 13.9. The third-order valence-electron chi connectivity index (χ3n) is 8.55. The molecule has 42 heavy (non-hydrogen) atoms. The summed E-state index contributed by atoms with van der Waals surface area (Å²) in [6.07, 6.45) is 3.16. The Bertz CT molecular complexity index is 1560. The molecule has 2 N–H and O–H groups in total. The van der Waals surface area contributed by atoms with E-state index >= 15 is 0 Å². The predicted molar refractivity (Wildman–Crippen MR) is 159 cm³/mol. The van der Waals surface area contributed by atoms with Crippen LogP contribution in [0.15, 0.2) is 73.1 Å². The number of halogens is 3. The highest BCUT2D eigenvalue weighted by Gasteiger charge is 2.39. The Kier molecular flexibility index (Phi) is 7.75. The van der Waals surface area contributed by atoms with Crippen LogP contribution in [0.4, 0.5) is 30.4 Å². The van der Waals surface area contributed by atoms with Crippen molar-refractivity contribution in [1.82, 2.24) is 9.97 Å². The van der Waals surface area contributed by atoms with Crippen molar-refractivity contribution in [3.05, 3.63) is 89.7 Å². The van der Waals surface area contributed by atoms with E-state index in [-0.39, 0.29) is 23.2 Å². The van der Waals surface area contributed by atoms with Gasteiger partial charge in [0, 0.05) is 29.3 Å². The molecule has 218 valence electrons. The summed E-state index contributed by atoms with van der Waals surface area (Å²) in [6, 6.07) is 20.0. The van der Waals surface area contributed by atoms with E-state index < -0.39 is 17.7 Å². The quantitative estimate of drug-likeness (QED) is 0.245. The van der Waals surface area contributed by atoms with E-state index in [1.165, 1.54) is 38.2 Å². The Labute approximate surface area is 243 Å². The van der Waals surface area contributed by atoms with Crippen molar-refractivity contribution >= 4 is 34.0 Å². The number of para-hydroxylation sites is 1. The van der Waals surface area contributed by atoms with Gasteiger partial charge in [-0.05, 0) is 80.1 Å². The molecule has 1 amide bonds. The number of rotatable bonds is 6. The average molecular weight is 574 g/mol. The maximum absolute atomic E-state index is 13.9. The predicted octanol–water partition coefficient (Wildman–Crippen LogP) is 7.91. The molecule has 2 heterocycles. The number of carbonyl (C=O) groups is 1. The molecular formula is C33H34F3N5O. The fourth-order valence-electron chi connectivity index (χ4n) is 6.46. The van der Waals surface area contributed by atoms with E-state index in [1.54, 1.807) is 0 Å². The fraction of sp³-hybridized carbons (Fsp3) is 0.364. The van der Waals surface area contributed by atoms with E-state index in [2.05, 4.69) is 49.8 Å². The summed E-state index contributed by atoms with van der Waals surface area (Å²) >= 11 is 0. The molecule has 0 unspecified atom stereocenters. The van der Waals surface area contributed by atoms with Crippen LogP contribution < -0.4 is 15.5 Å². The van der Waals surface area contributed by atoms with Crippen LogP contribution in [0.3, 0.4) is 0 Å². The number of carbonyl (C=O) groups excluding carboxylic acids is 1. The largest absolute Gasteiger partial charge is 0.416 e. The van der Waals surface area contributed by atoms with E-state index in [9.17, 15) is 18.0 Å². The molecule has 2 atom stereocenters. The number of aryl methyl sites for hydroxylation is 1. The van der Waals surface area contributed by atoms with Crippen LogP contribution in [0, 0.1) is 12.8 Å². The van der Waals surface area contributed by atoms with E-state index in [1.807, 2.05) is 24.3 Å². The van der Waals surface area contributed by atoms with Gasteiger partial charge >= 0.3 is 6.18 Å². The Morgan fingerprint density at radius 2 is 1.64 bits per heavy atom. The number of nitrogens with one attached hydrogen (secondary N) is 2. The third-order valence-corrected chi connectivity index (χ3v) is 8.55. The molecule has 1 saturated heterocycles. The Hall–Kier alpha value is -4.14. The average Bonchev–Trinajstić information content (AvgIpc) is 3.50. The standard InChI is InChI=1S/C33H34F3N5O/c1-21-12-15-25(19-28(21)33(34,35)36)40-32(42)27-10-6-18-41(31-26-9-4-5-11-29(26)37-20-38-31)30(27)22-13-16-24(17-14-22)39-23-7-2-3-8-23/h4-5,9,11-17,19-20,23,27,30,39H,2-3,6-8,10,18H2,1H3,(H,40,42)/t27-,30-/m0/s1. The monoisotopic (exact) mass is 573 g/mol. The number of benzene rings is 3. The molecule has 6 rings (SSSR count). The van der Waals surface area contributed by atoms with E-state index in [0.717, 1.165) is 53.3 Å². The number of alkyl halides is 3. The summed E-state index contributed by atoms with van der Waals surface area (Å²) in [5.41, 5.74) is 2.31. The van der Waals surface area contributed by atoms with Gasteiger partial charge in [0.2, 0.25) is 5.91 Å². The highest BCUT2D eigenvalue weighted by molar-refractivity contribution is 5.95. The van der Waals surface area contributed by atoms with Crippen LogP contribution in [0.2, 0.25) is 0 Å². The van der Waals surface area contributed by atoms with Crippen molar-refractivity contribution in [3.63, 3.8) is 0 Å². The van der Waals surface area contributed by atoms with Gasteiger partial charge in [0.05, 0.1) is 23.0 Å². The smallest absolute Gasteiger partial charge is 0.382 e. The number of hydrogen-bond donors (Lipinski definition) is 2. The lowest BCUT2D eigenvalue weighted by molar-refractivity contribution is -0.138. The lowest BCUT2D eigenvalue weighted by Gasteiger charge is -2.42. The second-order valence-corrected chi connectivity index (χ2v) is 11.4. The van der Waals surface area contributed by atoms with Crippen LogP contribution in [0.5, 0.6) is 0 Å². The lowest BCUT2D eigenvalue weighted by atomic mass is 9.83. The Morgan fingerprint density at radius 1 is 0.905 bits per heavy atom. The zero-order chi connectivity index (χ0) is 29.3. The van der Waals surface area contributed by atoms with Crippen molar-refractivity contribution in [2.45, 2.75) is 63.7 Å². The fourth-order valence-corrected chi connectivity index (χ4v) is 6.46. The van der Waals surface area contributed by atoms with Crippen molar-refractivity contribution in [1.29, 1.82) is 0 Å². The summed E-state index contributed by atoms with van der Waals surface area (Å²) in [5.74, 6) is -0.0871. The van der Waals surface area contributed by atoms with Crippen LogP contribution in [0.25, 0.3) is 10.9 Å². The number of aromatic nitrogens is 2. The molecule has 1 aliphatic heterocycles. The molecule has 2 fully saturated rings. The molecule has 4 aromatic rings. The first-order valence-corrected chi connectivity index (χ1v) is 14.6.